The van der Waals surface area contributed by atoms with Crippen LogP contribution in [0.3, 0.4) is 0 Å². The topological polar surface area (TPSA) is 119 Å². The minimum absolute atomic E-state index is 0.0549. The van der Waals surface area contributed by atoms with Gasteiger partial charge in [0.05, 0.1) is 17.8 Å². The first-order chi connectivity index (χ1) is 18.3. The van der Waals surface area contributed by atoms with Gasteiger partial charge in [-0.1, -0.05) is 24.3 Å². The van der Waals surface area contributed by atoms with Gasteiger partial charge < -0.3 is 14.6 Å². The minimum Gasteiger partial charge on any atom is -0.464 e. The van der Waals surface area contributed by atoms with Crippen LogP contribution in [-0.4, -0.2) is 61.0 Å². The summed E-state index contributed by atoms with van der Waals surface area (Å²) in [6.45, 7) is 4.70. The summed E-state index contributed by atoms with van der Waals surface area (Å²) >= 11 is 1.57. The third-order valence-corrected chi connectivity index (χ3v) is 8.02. The average molecular weight is 559 g/mol. The lowest BCUT2D eigenvalue weighted by atomic mass is 9.95. The van der Waals surface area contributed by atoms with E-state index in [9.17, 15) is 18.0 Å². The summed E-state index contributed by atoms with van der Waals surface area (Å²) in [6, 6.07) is 11.1. The normalized spacial score (nSPS) is 12.2. The van der Waals surface area contributed by atoms with Crippen molar-refractivity contribution in [2.24, 2.45) is 0 Å². The highest BCUT2D eigenvalue weighted by atomic mass is 32.2. The molecule has 0 saturated heterocycles. The molecule has 1 aromatic heterocycles. The van der Waals surface area contributed by atoms with Gasteiger partial charge in [-0.2, -0.15) is 11.8 Å². The maximum Gasteiger partial charge on any atom is 0.328 e. The number of carbonyl (C=O) groups is 2. The summed E-state index contributed by atoms with van der Waals surface area (Å²) in [7, 11) is -3.83. The molecule has 2 N–H and O–H groups in total. The number of thioether (sulfide) groups is 1. The molecule has 3 aromatic rings. The van der Waals surface area contributed by atoms with Crippen molar-refractivity contribution in [3.63, 3.8) is 0 Å². The largest absolute Gasteiger partial charge is 0.464 e. The Morgan fingerprint density at radius 1 is 1.16 bits per heavy atom. The summed E-state index contributed by atoms with van der Waals surface area (Å²) in [6.07, 6.45) is 8.10. The van der Waals surface area contributed by atoms with Crippen LogP contribution in [0.25, 0.3) is 11.1 Å². The maximum atomic E-state index is 13.4. The van der Waals surface area contributed by atoms with Gasteiger partial charge in [-0.05, 0) is 73.6 Å². The quantitative estimate of drug-likeness (QED) is 0.229. The molecule has 0 spiro atoms. The van der Waals surface area contributed by atoms with Crippen molar-refractivity contribution >= 4 is 33.7 Å². The number of benzene rings is 2. The molecule has 0 bridgehead atoms. The molecular formula is C27H34N4O5S2. The number of carbonyl (C=O) groups excluding carboxylic acids is 2. The number of ether oxygens (including phenoxy) is 1. The minimum atomic E-state index is -3.83. The first kappa shape index (κ1) is 29.4. The van der Waals surface area contributed by atoms with Crippen molar-refractivity contribution in [1.29, 1.82) is 0 Å². The van der Waals surface area contributed by atoms with Crippen LogP contribution in [0.4, 0.5) is 0 Å². The average Bonchev–Trinajstić information content (AvgIpc) is 3.42. The van der Waals surface area contributed by atoms with Gasteiger partial charge in [-0.3, -0.25) is 4.79 Å². The second-order valence-corrected chi connectivity index (χ2v) is 11.4. The van der Waals surface area contributed by atoms with Crippen LogP contribution in [0.15, 0.2) is 66.1 Å². The highest BCUT2D eigenvalue weighted by Crippen LogP contribution is 2.29. The second-order valence-electron chi connectivity index (χ2n) is 8.63. The Morgan fingerprint density at radius 2 is 1.95 bits per heavy atom. The van der Waals surface area contributed by atoms with Crippen molar-refractivity contribution in [2.45, 2.75) is 44.2 Å². The molecule has 1 heterocycles. The van der Waals surface area contributed by atoms with Crippen molar-refractivity contribution < 1.29 is 22.7 Å². The van der Waals surface area contributed by atoms with E-state index in [4.69, 9.17) is 4.74 Å². The van der Waals surface area contributed by atoms with Crippen LogP contribution in [0, 0.1) is 6.92 Å². The van der Waals surface area contributed by atoms with E-state index in [1.807, 2.05) is 48.2 Å². The fraction of sp³-hybridized carbons (Fsp3) is 0.370. The van der Waals surface area contributed by atoms with Crippen molar-refractivity contribution in [2.75, 3.05) is 25.2 Å². The van der Waals surface area contributed by atoms with E-state index >= 15 is 0 Å². The first-order valence-electron chi connectivity index (χ1n) is 12.4. The molecule has 1 amide bonds. The zero-order valence-corrected chi connectivity index (χ0v) is 23.5. The number of hydrogen-bond acceptors (Lipinski definition) is 7. The number of sulfonamides is 1. The van der Waals surface area contributed by atoms with Gasteiger partial charge in [-0.15, -0.1) is 0 Å². The maximum absolute atomic E-state index is 13.4. The van der Waals surface area contributed by atoms with E-state index in [0.717, 1.165) is 11.1 Å². The molecule has 2 aromatic carbocycles. The number of esters is 1. The number of nitrogens with one attached hydrogen (secondary N) is 2. The molecule has 0 radical (unpaired) electrons. The summed E-state index contributed by atoms with van der Waals surface area (Å²) in [5, 5.41) is 2.80. The van der Waals surface area contributed by atoms with Gasteiger partial charge in [0.1, 0.15) is 6.04 Å². The van der Waals surface area contributed by atoms with Gasteiger partial charge in [-0.25, -0.2) is 22.9 Å². The smallest absolute Gasteiger partial charge is 0.328 e. The number of imidazole rings is 1. The van der Waals surface area contributed by atoms with Gasteiger partial charge in [0, 0.05) is 31.0 Å². The fourth-order valence-corrected chi connectivity index (χ4v) is 5.49. The molecule has 0 aliphatic rings. The van der Waals surface area contributed by atoms with Crippen molar-refractivity contribution in [3.05, 3.63) is 72.3 Å². The predicted molar refractivity (Wildman–Crippen MR) is 150 cm³/mol. The highest BCUT2D eigenvalue weighted by molar-refractivity contribution is 7.98. The number of nitrogens with zero attached hydrogens (tertiary/aromatic N) is 2. The molecule has 0 fully saturated rings. The molecule has 9 nitrogen and oxygen atoms in total. The zero-order chi connectivity index (χ0) is 27.5. The highest BCUT2D eigenvalue weighted by Gasteiger charge is 2.25. The van der Waals surface area contributed by atoms with Gasteiger partial charge >= 0.3 is 5.97 Å². The summed E-state index contributed by atoms with van der Waals surface area (Å²) < 4.78 is 35.9. The molecule has 38 heavy (non-hydrogen) atoms. The SMILES string of the molecule is CCOC(=O)[C@H](CCSC)NC(=O)c1ccc(S(=O)(=O)NCCCn2ccnc2)cc1-c1ccccc1C. The standard InChI is InChI=1S/C27H34N4O5S2/c1-4-36-27(33)25(12-17-37-3)30-26(32)23-11-10-21(18-24(23)22-9-6-5-8-20(22)2)38(34,35)29-13-7-15-31-16-14-28-19-31/h5-6,8-11,14,16,18-19,25,29H,4,7,12-13,15,17H2,1-3H3,(H,30,32)/t25-/m0/s1. The summed E-state index contributed by atoms with van der Waals surface area (Å²) in [4.78, 5) is 29.9. The number of rotatable bonds is 14. The molecule has 11 heteroatoms. The van der Waals surface area contributed by atoms with Crippen molar-refractivity contribution in [1.82, 2.24) is 19.6 Å². The number of aryl methyl sites for hydroxylation is 2. The van der Waals surface area contributed by atoms with Crippen LogP contribution in [0.2, 0.25) is 0 Å². The van der Waals surface area contributed by atoms with E-state index in [0.29, 0.717) is 30.7 Å². The van der Waals surface area contributed by atoms with E-state index in [1.54, 1.807) is 31.2 Å². The molecule has 3 rings (SSSR count). The molecule has 0 unspecified atom stereocenters. The van der Waals surface area contributed by atoms with Crippen LogP contribution in [0.5, 0.6) is 0 Å². The number of aromatic nitrogens is 2. The van der Waals surface area contributed by atoms with E-state index in [2.05, 4.69) is 15.0 Å². The van der Waals surface area contributed by atoms with E-state index < -0.39 is 27.9 Å². The number of amides is 1. The Labute approximate surface area is 228 Å². The Morgan fingerprint density at radius 3 is 2.63 bits per heavy atom. The van der Waals surface area contributed by atoms with E-state index in [-0.39, 0.29) is 23.6 Å². The monoisotopic (exact) mass is 558 g/mol. The molecular weight excluding hydrogens is 524 g/mol. The summed E-state index contributed by atoms with van der Waals surface area (Å²) in [5.41, 5.74) is 2.35. The molecule has 0 aliphatic carbocycles. The zero-order valence-electron chi connectivity index (χ0n) is 21.8. The molecule has 0 aliphatic heterocycles. The Bertz CT molecular complexity index is 1330. The first-order valence-corrected chi connectivity index (χ1v) is 15.3. The Balaban J connectivity index is 1.88. The predicted octanol–water partition coefficient (Wildman–Crippen LogP) is 3.64. The van der Waals surface area contributed by atoms with Gasteiger partial charge in [0.15, 0.2) is 0 Å². The fourth-order valence-electron chi connectivity index (χ4n) is 3.92. The van der Waals surface area contributed by atoms with Crippen LogP contribution in [0.1, 0.15) is 35.7 Å². The molecule has 1 atom stereocenters. The summed E-state index contributed by atoms with van der Waals surface area (Å²) in [5.74, 6) is -0.302. The lowest BCUT2D eigenvalue weighted by molar-refractivity contribution is -0.145. The Hall–Kier alpha value is -3.15. The van der Waals surface area contributed by atoms with Crippen LogP contribution >= 0.6 is 11.8 Å². The Kier molecular flexibility index (Phi) is 10.9. The van der Waals surface area contributed by atoms with E-state index in [1.165, 1.54) is 18.2 Å². The van der Waals surface area contributed by atoms with Crippen LogP contribution < -0.4 is 10.0 Å². The third-order valence-electron chi connectivity index (χ3n) is 5.91. The second kappa shape index (κ2) is 14.1. The van der Waals surface area contributed by atoms with Crippen LogP contribution in [-0.2, 0) is 26.1 Å². The lowest BCUT2D eigenvalue weighted by Crippen LogP contribution is -2.42. The lowest BCUT2D eigenvalue weighted by Gasteiger charge is -2.19. The molecule has 0 saturated carbocycles. The number of hydrogen-bond donors (Lipinski definition) is 2. The molecule has 204 valence electrons. The van der Waals surface area contributed by atoms with Gasteiger partial charge in [0.25, 0.3) is 5.91 Å². The van der Waals surface area contributed by atoms with Crippen molar-refractivity contribution in [3.8, 4) is 11.1 Å². The van der Waals surface area contributed by atoms with Gasteiger partial charge in [0.2, 0.25) is 10.0 Å². The third kappa shape index (κ3) is 7.92.